The van der Waals surface area contributed by atoms with Gasteiger partial charge in [-0.05, 0) is 68.4 Å². The molecule has 1 heterocycles. The zero-order valence-corrected chi connectivity index (χ0v) is 16.8. The van der Waals surface area contributed by atoms with Gasteiger partial charge in [-0.2, -0.15) is 5.26 Å². The lowest BCUT2D eigenvalue weighted by Crippen LogP contribution is -2.05. The van der Waals surface area contributed by atoms with Gasteiger partial charge >= 0.3 is 5.97 Å². The van der Waals surface area contributed by atoms with Gasteiger partial charge < -0.3 is 4.74 Å². The lowest BCUT2D eigenvalue weighted by Gasteiger charge is -2.08. The van der Waals surface area contributed by atoms with Crippen LogP contribution in [0.4, 0.5) is 0 Å². The average molecular weight is 400 g/mol. The van der Waals surface area contributed by atoms with E-state index in [4.69, 9.17) is 16.3 Å². The first kappa shape index (κ1) is 20.7. The van der Waals surface area contributed by atoms with Crippen LogP contribution >= 0.6 is 23.4 Å². The Morgan fingerprint density at radius 2 is 1.85 bits per heavy atom. The van der Waals surface area contributed by atoms with Crippen molar-refractivity contribution in [2.75, 3.05) is 6.61 Å². The maximum absolute atomic E-state index is 11.8. The van der Waals surface area contributed by atoms with Gasteiger partial charge in [0.25, 0.3) is 0 Å². The Morgan fingerprint density at radius 3 is 2.41 bits per heavy atom. The van der Waals surface area contributed by atoms with Crippen LogP contribution < -0.4 is 0 Å². The van der Waals surface area contributed by atoms with Crippen molar-refractivity contribution in [1.82, 2.24) is 9.97 Å². The van der Waals surface area contributed by atoms with E-state index >= 15 is 0 Å². The van der Waals surface area contributed by atoms with Crippen molar-refractivity contribution < 1.29 is 9.53 Å². The molecule has 0 radical (unpaired) electrons. The SMILES string of the molecule is CCOC(=O)/C(C#N)=C\C=C(/Sc1nc(C)cc(C)n1)c1ccc(Cl)cc1. The van der Waals surface area contributed by atoms with E-state index in [0.717, 1.165) is 21.9 Å². The summed E-state index contributed by atoms with van der Waals surface area (Å²) in [6.07, 6.45) is 3.13. The Hall–Kier alpha value is -2.62. The summed E-state index contributed by atoms with van der Waals surface area (Å²) < 4.78 is 4.89. The smallest absolute Gasteiger partial charge is 0.348 e. The van der Waals surface area contributed by atoms with Gasteiger partial charge in [-0.3, -0.25) is 0 Å². The highest BCUT2D eigenvalue weighted by Gasteiger charge is 2.11. The van der Waals surface area contributed by atoms with Crippen LogP contribution in [0, 0.1) is 25.2 Å². The normalized spacial score (nSPS) is 11.8. The predicted molar refractivity (Wildman–Crippen MR) is 107 cm³/mol. The highest BCUT2D eigenvalue weighted by Crippen LogP contribution is 2.33. The molecule has 0 aliphatic carbocycles. The number of rotatable bonds is 6. The van der Waals surface area contributed by atoms with E-state index in [1.165, 1.54) is 17.8 Å². The molecule has 0 aliphatic heterocycles. The van der Waals surface area contributed by atoms with Crippen LogP contribution in [0.5, 0.6) is 0 Å². The molecule has 0 saturated carbocycles. The Morgan fingerprint density at radius 1 is 1.22 bits per heavy atom. The highest BCUT2D eigenvalue weighted by molar-refractivity contribution is 8.08. The van der Waals surface area contributed by atoms with Gasteiger partial charge in [0.2, 0.25) is 0 Å². The van der Waals surface area contributed by atoms with E-state index in [1.54, 1.807) is 25.1 Å². The van der Waals surface area contributed by atoms with Crippen LogP contribution in [-0.2, 0) is 9.53 Å². The topological polar surface area (TPSA) is 75.9 Å². The molecule has 5 nitrogen and oxygen atoms in total. The summed E-state index contributed by atoms with van der Waals surface area (Å²) in [4.78, 5) is 21.5. The van der Waals surface area contributed by atoms with Crippen molar-refractivity contribution in [3.05, 3.63) is 70.0 Å². The van der Waals surface area contributed by atoms with E-state index in [-0.39, 0.29) is 12.2 Å². The van der Waals surface area contributed by atoms with Crippen LogP contribution in [0.25, 0.3) is 4.91 Å². The first-order valence-electron chi connectivity index (χ1n) is 8.18. The molecule has 0 spiro atoms. The molecule has 0 amide bonds. The molecule has 2 aromatic rings. The number of halogens is 1. The molecule has 2 rings (SSSR count). The second-order valence-corrected chi connectivity index (χ2v) is 6.93. The molecule has 0 saturated heterocycles. The van der Waals surface area contributed by atoms with Crippen LogP contribution in [0.3, 0.4) is 0 Å². The summed E-state index contributed by atoms with van der Waals surface area (Å²) >= 11 is 7.32. The zero-order valence-electron chi connectivity index (χ0n) is 15.2. The third-order valence-electron chi connectivity index (χ3n) is 3.31. The second kappa shape index (κ2) is 9.91. The van der Waals surface area contributed by atoms with Gasteiger partial charge in [-0.25, -0.2) is 14.8 Å². The quantitative estimate of drug-likeness (QED) is 0.172. The lowest BCUT2D eigenvalue weighted by atomic mass is 10.2. The molecule has 1 aromatic heterocycles. The van der Waals surface area contributed by atoms with E-state index < -0.39 is 5.97 Å². The number of thioether (sulfide) groups is 1. The summed E-state index contributed by atoms with van der Waals surface area (Å²) in [7, 11) is 0. The number of esters is 1. The fourth-order valence-corrected chi connectivity index (χ4v) is 3.25. The third kappa shape index (κ3) is 6.24. The molecule has 0 N–H and O–H groups in total. The highest BCUT2D eigenvalue weighted by atomic mass is 35.5. The van der Waals surface area contributed by atoms with Crippen LogP contribution in [-0.4, -0.2) is 22.5 Å². The molecule has 0 aliphatic rings. The fourth-order valence-electron chi connectivity index (χ4n) is 2.16. The molecular formula is C20H18ClN3O2S. The maximum atomic E-state index is 11.8. The molecule has 0 bridgehead atoms. The van der Waals surface area contributed by atoms with E-state index in [0.29, 0.717) is 10.2 Å². The lowest BCUT2D eigenvalue weighted by molar-refractivity contribution is -0.138. The Kier molecular flexibility index (Phi) is 7.59. The van der Waals surface area contributed by atoms with Gasteiger partial charge in [0, 0.05) is 21.3 Å². The van der Waals surface area contributed by atoms with E-state index in [1.807, 2.05) is 38.1 Å². The molecule has 27 heavy (non-hydrogen) atoms. The summed E-state index contributed by atoms with van der Waals surface area (Å²) in [6.45, 7) is 5.70. The van der Waals surface area contributed by atoms with Crippen molar-refractivity contribution in [3.8, 4) is 6.07 Å². The van der Waals surface area contributed by atoms with Crippen molar-refractivity contribution in [1.29, 1.82) is 5.26 Å². The molecule has 7 heteroatoms. The number of aryl methyl sites for hydroxylation is 2. The standard InChI is InChI=1S/C20H18ClN3O2S/c1-4-26-19(25)16(12-22)7-10-18(15-5-8-17(21)9-6-15)27-20-23-13(2)11-14(3)24-20/h5-11H,4H2,1-3H3/b16-7-,18-10-. The van der Waals surface area contributed by atoms with E-state index in [9.17, 15) is 10.1 Å². The van der Waals surface area contributed by atoms with Crippen LogP contribution in [0.2, 0.25) is 5.02 Å². The molecule has 1 aromatic carbocycles. The summed E-state index contributed by atoms with van der Waals surface area (Å²) in [5.41, 5.74) is 2.51. The first-order chi connectivity index (χ1) is 12.9. The molecule has 0 unspecified atom stereocenters. The van der Waals surface area contributed by atoms with Gasteiger partial charge in [-0.1, -0.05) is 23.7 Å². The Labute approximate surface area is 167 Å². The minimum atomic E-state index is -0.653. The monoisotopic (exact) mass is 399 g/mol. The zero-order chi connectivity index (χ0) is 19.8. The summed E-state index contributed by atoms with van der Waals surface area (Å²) in [5, 5.41) is 10.4. The van der Waals surface area contributed by atoms with Crippen molar-refractivity contribution in [3.63, 3.8) is 0 Å². The van der Waals surface area contributed by atoms with Gasteiger partial charge in [0.05, 0.1) is 6.61 Å². The Balaban J connectivity index is 2.44. The third-order valence-corrected chi connectivity index (χ3v) is 4.52. The largest absolute Gasteiger partial charge is 0.462 e. The number of benzene rings is 1. The van der Waals surface area contributed by atoms with Crippen molar-refractivity contribution in [2.45, 2.75) is 25.9 Å². The molecule has 0 fully saturated rings. The summed E-state index contributed by atoms with van der Waals surface area (Å²) in [5.74, 6) is -0.653. The number of hydrogen-bond acceptors (Lipinski definition) is 6. The second-order valence-electron chi connectivity index (χ2n) is 5.49. The van der Waals surface area contributed by atoms with E-state index in [2.05, 4.69) is 9.97 Å². The molecule has 0 atom stereocenters. The van der Waals surface area contributed by atoms with Crippen molar-refractivity contribution in [2.24, 2.45) is 0 Å². The number of allylic oxidation sites excluding steroid dienone is 2. The number of nitriles is 1. The molecule has 138 valence electrons. The van der Waals surface area contributed by atoms with Crippen molar-refractivity contribution >= 4 is 34.2 Å². The predicted octanol–water partition coefficient (Wildman–Crippen LogP) is 4.89. The van der Waals surface area contributed by atoms with Gasteiger partial charge in [-0.15, -0.1) is 0 Å². The average Bonchev–Trinajstić information content (AvgIpc) is 2.61. The Bertz CT molecular complexity index is 911. The number of aromatic nitrogens is 2. The first-order valence-corrected chi connectivity index (χ1v) is 9.37. The van der Waals surface area contributed by atoms with Gasteiger partial charge in [0.15, 0.2) is 5.16 Å². The number of ether oxygens (including phenoxy) is 1. The number of hydrogen-bond donors (Lipinski definition) is 0. The fraction of sp³-hybridized carbons (Fsp3) is 0.200. The number of carbonyl (C=O) groups excluding carboxylic acids is 1. The number of carbonyl (C=O) groups is 1. The number of nitrogens with zero attached hydrogens (tertiary/aromatic N) is 3. The van der Waals surface area contributed by atoms with Crippen LogP contribution in [0.1, 0.15) is 23.9 Å². The maximum Gasteiger partial charge on any atom is 0.348 e. The van der Waals surface area contributed by atoms with Gasteiger partial charge in [0.1, 0.15) is 11.6 Å². The van der Waals surface area contributed by atoms with Crippen LogP contribution in [0.15, 0.2) is 53.2 Å². The minimum Gasteiger partial charge on any atom is -0.462 e. The molecular weight excluding hydrogens is 382 g/mol. The minimum absolute atomic E-state index is 0.0785. The summed E-state index contributed by atoms with van der Waals surface area (Å²) in [6, 6.07) is 11.0.